The first-order valence-electron chi connectivity index (χ1n) is 6.21. The van der Waals surface area contributed by atoms with E-state index in [0.29, 0.717) is 12.3 Å². The largest absolute Gasteiger partial charge is 0.353 e. The molecule has 0 spiro atoms. The second-order valence-electron chi connectivity index (χ2n) is 4.61. The monoisotopic (exact) mass is 266 g/mol. The van der Waals surface area contributed by atoms with Crippen molar-refractivity contribution in [2.24, 2.45) is 5.73 Å². The standard InChI is InChI=1S/C14H22N2OS/c1-10(2)16-14(17)9-18-13(8-15)12-7-5-4-6-11(12)3/h4-7,10,13H,8-9,15H2,1-3H3,(H,16,17). The molecule has 0 heterocycles. The topological polar surface area (TPSA) is 55.1 Å². The molecule has 1 atom stereocenters. The van der Waals surface area contributed by atoms with Crippen molar-refractivity contribution < 1.29 is 4.79 Å². The molecule has 0 aliphatic carbocycles. The average molecular weight is 266 g/mol. The molecule has 0 bridgehead atoms. The maximum atomic E-state index is 11.6. The van der Waals surface area contributed by atoms with Crippen molar-refractivity contribution in [1.29, 1.82) is 0 Å². The van der Waals surface area contributed by atoms with Gasteiger partial charge in [-0.15, -0.1) is 11.8 Å². The van der Waals surface area contributed by atoms with Crippen LogP contribution in [-0.4, -0.2) is 24.2 Å². The summed E-state index contributed by atoms with van der Waals surface area (Å²) in [5.41, 5.74) is 8.26. The molecule has 4 heteroatoms. The molecule has 1 amide bonds. The zero-order valence-corrected chi connectivity index (χ0v) is 12.1. The molecule has 0 aromatic heterocycles. The van der Waals surface area contributed by atoms with E-state index in [1.54, 1.807) is 11.8 Å². The number of nitrogens with two attached hydrogens (primary N) is 1. The summed E-state index contributed by atoms with van der Waals surface area (Å²) in [6.07, 6.45) is 0. The van der Waals surface area contributed by atoms with Gasteiger partial charge in [0.05, 0.1) is 5.75 Å². The summed E-state index contributed by atoms with van der Waals surface area (Å²) in [5, 5.41) is 3.07. The molecule has 100 valence electrons. The van der Waals surface area contributed by atoms with Crippen molar-refractivity contribution in [3.05, 3.63) is 35.4 Å². The van der Waals surface area contributed by atoms with Crippen LogP contribution in [-0.2, 0) is 4.79 Å². The van der Waals surface area contributed by atoms with E-state index < -0.39 is 0 Å². The van der Waals surface area contributed by atoms with Crippen LogP contribution in [0.25, 0.3) is 0 Å². The van der Waals surface area contributed by atoms with Crippen molar-refractivity contribution in [3.63, 3.8) is 0 Å². The van der Waals surface area contributed by atoms with Crippen molar-refractivity contribution >= 4 is 17.7 Å². The van der Waals surface area contributed by atoms with E-state index in [1.165, 1.54) is 11.1 Å². The third-order valence-corrected chi connectivity index (χ3v) is 3.89. The molecular weight excluding hydrogens is 244 g/mol. The van der Waals surface area contributed by atoms with E-state index in [2.05, 4.69) is 24.4 Å². The van der Waals surface area contributed by atoms with Crippen molar-refractivity contribution in [1.82, 2.24) is 5.32 Å². The third-order valence-electron chi connectivity index (χ3n) is 2.61. The maximum absolute atomic E-state index is 11.6. The number of aryl methyl sites for hydroxylation is 1. The van der Waals surface area contributed by atoms with Crippen LogP contribution in [0.2, 0.25) is 0 Å². The van der Waals surface area contributed by atoms with Gasteiger partial charge < -0.3 is 11.1 Å². The molecule has 3 N–H and O–H groups in total. The van der Waals surface area contributed by atoms with Gasteiger partial charge in [0.2, 0.25) is 5.91 Å². The van der Waals surface area contributed by atoms with Crippen LogP contribution in [0.15, 0.2) is 24.3 Å². The minimum Gasteiger partial charge on any atom is -0.353 e. The van der Waals surface area contributed by atoms with Crippen LogP contribution in [0, 0.1) is 6.92 Å². The molecule has 1 unspecified atom stereocenters. The van der Waals surface area contributed by atoms with E-state index in [4.69, 9.17) is 5.73 Å². The van der Waals surface area contributed by atoms with Crippen LogP contribution in [0.4, 0.5) is 0 Å². The molecule has 18 heavy (non-hydrogen) atoms. The number of thioether (sulfide) groups is 1. The zero-order valence-electron chi connectivity index (χ0n) is 11.3. The Morgan fingerprint density at radius 2 is 2.06 bits per heavy atom. The molecule has 0 aliphatic rings. The van der Waals surface area contributed by atoms with Crippen molar-refractivity contribution in [3.8, 4) is 0 Å². The van der Waals surface area contributed by atoms with E-state index in [0.717, 1.165) is 0 Å². The summed E-state index contributed by atoms with van der Waals surface area (Å²) in [7, 11) is 0. The molecule has 1 aromatic rings. The summed E-state index contributed by atoms with van der Waals surface area (Å²) < 4.78 is 0. The molecule has 1 aromatic carbocycles. The lowest BCUT2D eigenvalue weighted by molar-refractivity contribution is -0.119. The number of rotatable bonds is 6. The van der Waals surface area contributed by atoms with Gasteiger partial charge in [-0.05, 0) is 31.9 Å². The van der Waals surface area contributed by atoms with Gasteiger partial charge in [-0.25, -0.2) is 0 Å². The smallest absolute Gasteiger partial charge is 0.230 e. The molecule has 0 saturated heterocycles. The van der Waals surface area contributed by atoms with Gasteiger partial charge in [-0.2, -0.15) is 0 Å². The Bertz CT molecular complexity index is 393. The zero-order chi connectivity index (χ0) is 13.5. The second-order valence-corrected chi connectivity index (χ2v) is 5.81. The lowest BCUT2D eigenvalue weighted by atomic mass is 10.1. The Hall–Kier alpha value is -1.00. The van der Waals surface area contributed by atoms with Crippen LogP contribution in [0.3, 0.4) is 0 Å². The highest BCUT2D eigenvalue weighted by molar-refractivity contribution is 8.00. The summed E-state index contributed by atoms with van der Waals surface area (Å²) in [6, 6.07) is 8.38. The summed E-state index contributed by atoms with van der Waals surface area (Å²) in [5.74, 6) is 0.524. The number of benzene rings is 1. The minimum absolute atomic E-state index is 0.0713. The van der Waals surface area contributed by atoms with E-state index >= 15 is 0 Å². The first-order valence-corrected chi connectivity index (χ1v) is 7.26. The van der Waals surface area contributed by atoms with E-state index in [9.17, 15) is 4.79 Å². The minimum atomic E-state index is 0.0713. The Morgan fingerprint density at radius 3 is 2.61 bits per heavy atom. The molecule has 0 fully saturated rings. The number of hydrogen-bond acceptors (Lipinski definition) is 3. The first-order chi connectivity index (χ1) is 8.54. The molecule has 1 rings (SSSR count). The van der Waals surface area contributed by atoms with Gasteiger partial charge in [0, 0.05) is 17.8 Å². The average Bonchev–Trinajstić information content (AvgIpc) is 2.31. The van der Waals surface area contributed by atoms with Gasteiger partial charge >= 0.3 is 0 Å². The predicted octanol–water partition coefficient (Wildman–Crippen LogP) is 2.25. The fourth-order valence-corrected chi connectivity index (χ4v) is 2.79. The SMILES string of the molecule is Cc1ccccc1C(CN)SCC(=O)NC(C)C. The fourth-order valence-electron chi connectivity index (χ4n) is 1.77. The molecule has 0 radical (unpaired) electrons. The number of carbonyl (C=O) groups is 1. The lowest BCUT2D eigenvalue weighted by Gasteiger charge is -2.17. The van der Waals surface area contributed by atoms with Gasteiger partial charge in [-0.1, -0.05) is 24.3 Å². The van der Waals surface area contributed by atoms with Gasteiger partial charge in [-0.3, -0.25) is 4.79 Å². The fraction of sp³-hybridized carbons (Fsp3) is 0.500. The maximum Gasteiger partial charge on any atom is 0.230 e. The van der Waals surface area contributed by atoms with Gasteiger partial charge in [0.15, 0.2) is 0 Å². The van der Waals surface area contributed by atoms with E-state index in [-0.39, 0.29) is 17.2 Å². The number of amides is 1. The highest BCUT2D eigenvalue weighted by Gasteiger charge is 2.14. The second kappa shape index (κ2) is 7.44. The van der Waals surface area contributed by atoms with Crippen molar-refractivity contribution in [2.75, 3.05) is 12.3 Å². The Morgan fingerprint density at radius 1 is 1.39 bits per heavy atom. The number of hydrogen-bond donors (Lipinski definition) is 2. The highest BCUT2D eigenvalue weighted by Crippen LogP contribution is 2.29. The van der Waals surface area contributed by atoms with Crippen LogP contribution >= 0.6 is 11.8 Å². The predicted molar refractivity (Wildman–Crippen MR) is 78.7 cm³/mol. The molecular formula is C14H22N2OS. The highest BCUT2D eigenvalue weighted by atomic mass is 32.2. The van der Waals surface area contributed by atoms with Crippen molar-refractivity contribution in [2.45, 2.75) is 32.1 Å². The lowest BCUT2D eigenvalue weighted by Crippen LogP contribution is -2.32. The van der Waals surface area contributed by atoms with E-state index in [1.807, 2.05) is 26.0 Å². The molecule has 3 nitrogen and oxygen atoms in total. The van der Waals surface area contributed by atoms with Gasteiger partial charge in [0.25, 0.3) is 0 Å². The summed E-state index contributed by atoms with van der Waals surface area (Å²) in [4.78, 5) is 11.6. The van der Waals surface area contributed by atoms with Crippen LogP contribution in [0.1, 0.15) is 30.2 Å². The summed E-state index contributed by atoms with van der Waals surface area (Å²) in [6.45, 7) is 6.55. The third kappa shape index (κ3) is 4.70. The van der Waals surface area contributed by atoms with Crippen LogP contribution < -0.4 is 11.1 Å². The molecule has 0 aliphatic heterocycles. The first kappa shape index (κ1) is 15.1. The Labute approximate surface area is 114 Å². The normalized spacial score (nSPS) is 12.5. The molecule has 0 saturated carbocycles. The Kier molecular flexibility index (Phi) is 6.22. The van der Waals surface area contributed by atoms with Crippen LogP contribution in [0.5, 0.6) is 0 Å². The number of carbonyl (C=O) groups excluding carboxylic acids is 1. The van der Waals surface area contributed by atoms with Gasteiger partial charge in [0.1, 0.15) is 0 Å². The Balaban J connectivity index is 2.58. The number of nitrogens with one attached hydrogen (secondary N) is 1. The summed E-state index contributed by atoms with van der Waals surface area (Å²) >= 11 is 1.60. The quantitative estimate of drug-likeness (QED) is 0.830.